The van der Waals surface area contributed by atoms with Crippen LogP contribution in [0.15, 0.2) is 41.8 Å². The standard InChI is InChI=1S/C17H16FN5O2S/c1-2-19-14(24)10-20-17(25)15-21-16(13-7-4-8-26-13)23(22-15)12-6-3-5-11(18)9-12/h3-9H,2,10H2,1H3,(H,19,24)(H,20,25). The number of rotatable bonds is 6. The van der Waals surface area contributed by atoms with Crippen molar-refractivity contribution in [3.05, 3.63) is 53.4 Å². The maximum absolute atomic E-state index is 13.6. The molecule has 2 N–H and O–H groups in total. The predicted molar refractivity (Wildman–Crippen MR) is 95.6 cm³/mol. The molecule has 2 amide bonds. The largest absolute Gasteiger partial charge is 0.355 e. The van der Waals surface area contributed by atoms with Crippen LogP contribution < -0.4 is 10.6 Å². The van der Waals surface area contributed by atoms with Gasteiger partial charge in [0.1, 0.15) is 5.82 Å². The van der Waals surface area contributed by atoms with Crippen molar-refractivity contribution < 1.29 is 14.0 Å². The molecule has 0 saturated heterocycles. The van der Waals surface area contributed by atoms with E-state index in [1.165, 1.54) is 28.2 Å². The third-order valence-corrected chi connectivity index (χ3v) is 4.25. The van der Waals surface area contributed by atoms with Crippen LogP contribution in [0, 0.1) is 5.82 Å². The van der Waals surface area contributed by atoms with Crippen LogP contribution in [0.25, 0.3) is 16.4 Å². The summed E-state index contributed by atoms with van der Waals surface area (Å²) in [6, 6.07) is 9.54. The Hall–Kier alpha value is -3.07. The van der Waals surface area contributed by atoms with Gasteiger partial charge < -0.3 is 10.6 Å². The second kappa shape index (κ2) is 7.87. The Kier molecular flexibility index (Phi) is 5.37. The molecule has 2 aromatic heterocycles. The van der Waals surface area contributed by atoms with Crippen molar-refractivity contribution in [2.24, 2.45) is 0 Å². The smallest absolute Gasteiger partial charge is 0.291 e. The SMILES string of the molecule is CCNC(=O)CNC(=O)c1nc(-c2cccs2)n(-c2cccc(F)c2)n1. The first-order valence-electron chi connectivity index (χ1n) is 7.90. The van der Waals surface area contributed by atoms with Crippen molar-refractivity contribution in [2.75, 3.05) is 13.1 Å². The van der Waals surface area contributed by atoms with Gasteiger partial charge in [-0.1, -0.05) is 12.1 Å². The number of nitrogens with one attached hydrogen (secondary N) is 2. The fourth-order valence-corrected chi connectivity index (χ4v) is 2.96. The Bertz CT molecular complexity index is 923. The van der Waals surface area contributed by atoms with Crippen molar-refractivity contribution in [3.63, 3.8) is 0 Å². The Morgan fingerprint density at radius 2 is 2.08 bits per heavy atom. The summed E-state index contributed by atoms with van der Waals surface area (Å²) in [6.07, 6.45) is 0. The zero-order valence-corrected chi connectivity index (χ0v) is 14.7. The van der Waals surface area contributed by atoms with E-state index in [2.05, 4.69) is 20.7 Å². The van der Waals surface area contributed by atoms with Crippen LogP contribution in [0.4, 0.5) is 4.39 Å². The van der Waals surface area contributed by atoms with Gasteiger partial charge >= 0.3 is 0 Å². The van der Waals surface area contributed by atoms with Gasteiger partial charge in [-0.05, 0) is 36.6 Å². The third kappa shape index (κ3) is 3.94. The lowest BCUT2D eigenvalue weighted by Gasteiger charge is -2.04. The van der Waals surface area contributed by atoms with E-state index in [0.717, 1.165) is 4.88 Å². The molecular weight excluding hydrogens is 357 g/mol. The molecule has 0 atom stereocenters. The van der Waals surface area contributed by atoms with E-state index in [-0.39, 0.29) is 18.3 Å². The third-order valence-electron chi connectivity index (χ3n) is 3.39. The lowest BCUT2D eigenvalue weighted by Crippen LogP contribution is -2.37. The molecule has 7 nitrogen and oxygen atoms in total. The van der Waals surface area contributed by atoms with E-state index in [9.17, 15) is 14.0 Å². The number of aromatic nitrogens is 3. The molecule has 134 valence electrons. The summed E-state index contributed by atoms with van der Waals surface area (Å²) < 4.78 is 15.0. The van der Waals surface area contributed by atoms with Crippen LogP contribution in [0.3, 0.4) is 0 Å². The first-order chi connectivity index (χ1) is 12.6. The Labute approximate surface area is 152 Å². The van der Waals surface area contributed by atoms with E-state index in [1.54, 1.807) is 19.1 Å². The number of carbonyl (C=O) groups is 2. The zero-order valence-electron chi connectivity index (χ0n) is 13.9. The number of nitrogens with zero attached hydrogens (tertiary/aromatic N) is 3. The van der Waals surface area contributed by atoms with Gasteiger partial charge in [-0.15, -0.1) is 16.4 Å². The molecular formula is C17H16FN5O2S. The number of hydrogen-bond acceptors (Lipinski definition) is 5. The topological polar surface area (TPSA) is 88.9 Å². The summed E-state index contributed by atoms with van der Waals surface area (Å²) >= 11 is 1.43. The number of hydrogen-bond donors (Lipinski definition) is 2. The fourth-order valence-electron chi connectivity index (χ4n) is 2.26. The maximum atomic E-state index is 13.6. The average molecular weight is 373 g/mol. The summed E-state index contributed by atoms with van der Waals surface area (Å²) in [5, 5.41) is 11.1. The van der Waals surface area contributed by atoms with Crippen LogP contribution in [0.2, 0.25) is 0 Å². The number of halogens is 1. The lowest BCUT2D eigenvalue weighted by molar-refractivity contribution is -0.120. The molecule has 2 heterocycles. The van der Waals surface area contributed by atoms with E-state index in [4.69, 9.17) is 0 Å². The molecule has 0 radical (unpaired) electrons. The first kappa shape index (κ1) is 17.7. The minimum atomic E-state index is -0.579. The second-order valence-corrected chi connectivity index (χ2v) is 6.21. The number of likely N-dealkylation sites (N-methyl/N-ethyl adjacent to an activating group) is 1. The highest BCUT2D eigenvalue weighted by atomic mass is 32.1. The molecule has 0 spiro atoms. The maximum Gasteiger partial charge on any atom is 0.291 e. The highest BCUT2D eigenvalue weighted by Crippen LogP contribution is 2.25. The van der Waals surface area contributed by atoms with Crippen molar-refractivity contribution >= 4 is 23.2 Å². The van der Waals surface area contributed by atoms with Gasteiger partial charge in [0.15, 0.2) is 5.82 Å². The lowest BCUT2D eigenvalue weighted by atomic mass is 10.3. The van der Waals surface area contributed by atoms with E-state index in [0.29, 0.717) is 18.1 Å². The molecule has 0 aliphatic rings. The van der Waals surface area contributed by atoms with Crippen LogP contribution in [-0.2, 0) is 4.79 Å². The molecule has 26 heavy (non-hydrogen) atoms. The Balaban J connectivity index is 1.92. The predicted octanol–water partition coefficient (Wildman–Crippen LogP) is 2.00. The van der Waals surface area contributed by atoms with E-state index >= 15 is 0 Å². The van der Waals surface area contributed by atoms with Gasteiger partial charge in [0.2, 0.25) is 11.7 Å². The molecule has 3 rings (SSSR count). The van der Waals surface area contributed by atoms with Gasteiger partial charge in [0, 0.05) is 6.54 Å². The fraction of sp³-hybridized carbons (Fsp3) is 0.176. The summed E-state index contributed by atoms with van der Waals surface area (Å²) in [7, 11) is 0. The molecule has 0 bridgehead atoms. The van der Waals surface area contributed by atoms with E-state index in [1.807, 2.05) is 17.5 Å². The minimum absolute atomic E-state index is 0.0954. The first-order valence-corrected chi connectivity index (χ1v) is 8.78. The monoisotopic (exact) mass is 373 g/mol. The molecule has 9 heteroatoms. The molecule has 0 aliphatic carbocycles. The van der Waals surface area contributed by atoms with Crippen molar-refractivity contribution in [1.82, 2.24) is 25.4 Å². The highest BCUT2D eigenvalue weighted by molar-refractivity contribution is 7.13. The molecule has 0 fully saturated rings. The quantitative estimate of drug-likeness (QED) is 0.692. The normalized spacial score (nSPS) is 10.5. The van der Waals surface area contributed by atoms with E-state index < -0.39 is 11.7 Å². The van der Waals surface area contributed by atoms with Gasteiger partial charge in [0.25, 0.3) is 5.91 Å². The summed E-state index contributed by atoms with van der Waals surface area (Å²) in [4.78, 5) is 28.8. The summed E-state index contributed by atoms with van der Waals surface area (Å²) in [5.41, 5.74) is 0.448. The zero-order chi connectivity index (χ0) is 18.5. The minimum Gasteiger partial charge on any atom is -0.355 e. The van der Waals surface area contributed by atoms with Crippen molar-refractivity contribution in [3.8, 4) is 16.4 Å². The van der Waals surface area contributed by atoms with Crippen LogP contribution in [0.1, 0.15) is 17.5 Å². The van der Waals surface area contributed by atoms with Gasteiger partial charge in [0.05, 0.1) is 17.1 Å². The van der Waals surface area contributed by atoms with Crippen molar-refractivity contribution in [2.45, 2.75) is 6.92 Å². The molecule has 0 unspecified atom stereocenters. The molecule has 1 aromatic carbocycles. The molecule has 0 saturated carbocycles. The average Bonchev–Trinajstić information content (AvgIpc) is 3.29. The van der Waals surface area contributed by atoms with Crippen LogP contribution >= 0.6 is 11.3 Å². The Morgan fingerprint density at radius 1 is 1.23 bits per heavy atom. The number of benzene rings is 1. The molecule has 0 aliphatic heterocycles. The Morgan fingerprint density at radius 3 is 2.77 bits per heavy atom. The second-order valence-electron chi connectivity index (χ2n) is 5.26. The number of amides is 2. The van der Waals surface area contributed by atoms with Crippen LogP contribution in [0.5, 0.6) is 0 Å². The summed E-state index contributed by atoms with van der Waals surface area (Å²) in [6.45, 7) is 2.09. The number of carbonyl (C=O) groups excluding carboxylic acids is 2. The molecule has 3 aromatic rings. The van der Waals surface area contributed by atoms with Crippen LogP contribution in [-0.4, -0.2) is 39.7 Å². The van der Waals surface area contributed by atoms with Crippen molar-refractivity contribution in [1.29, 1.82) is 0 Å². The number of thiophene rings is 1. The van der Waals surface area contributed by atoms with Gasteiger partial charge in [-0.25, -0.2) is 14.1 Å². The highest BCUT2D eigenvalue weighted by Gasteiger charge is 2.20. The summed E-state index contributed by atoms with van der Waals surface area (Å²) in [5.74, 6) is -0.971. The van der Waals surface area contributed by atoms with Gasteiger partial charge in [-0.3, -0.25) is 9.59 Å². The van der Waals surface area contributed by atoms with Gasteiger partial charge in [-0.2, -0.15) is 0 Å².